The summed E-state index contributed by atoms with van der Waals surface area (Å²) in [5, 5.41) is 4.76. The number of para-hydroxylation sites is 1. The van der Waals surface area contributed by atoms with Crippen molar-refractivity contribution in [1.82, 2.24) is 10.2 Å². The van der Waals surface area contributed by atoms with E-state index in [1.807, 2.05) is 18.4 Å². The quantitative estimate of drug-likeness (QED) is 0.836. The fourth-order valence-electron chi connectivity index (χ4n) is 2.81. The molecule has 1 saturated heterocycles. The molecule has 1 aromatic carbocycles. The summed E-state index contributed by atoms with van der Waals surface area (Å²) in [4.78, 5) is 2.56. The molecule has 0 atom stereocenters. The van der Waals surface area contributed by atoms with Gasteiger partial charge in [-0.1, -0.05) is 24.6 Å². The smallest absolute Gasteiger partial charge is 0.134 e. The summed E-state index contributed by atoms with van der Waals surface area (Å²) in [6, 6.07) is 8.22. The van der Waals surface area contributed by atoms with Gasteiger partial charge in [-0.15, -0.1) is 0 Å². The van der Waals surface area contributed by atoms with Gasteiger partial charge in [-0.25, -0.2) is 0 Å². The standard InChI is InChI=1S/C16H22N2O/c1-4-9-18(10-5-1)11-8-17-12-14-13-19-16-7-3-2-6-15(14)16/h2-3,6-7,13,17H,1,4-5,8-12H2. The first kappa shape index (κ1) is 12.7. The second-order valence-corrected chi connectivity index (χ2v) is 5.34. The number of likely N-dealkylation sites (tertiary alicyclic amines) is 1. The molecule has 102 valence electrons. The Balaban J connectivity index is 1.47. The lowest BCUT2D eigenvalue weighted by molar-refractivity contribution is 0.229. The van der Waals surface area contributed by atoms with Crippen LogP contribution in [0.2, 0.25) is 0 Å². The third-order valence-electron chi connectivity index (χ3n) is 3.93. The first-order valence-electron chi connectivity index (χ1n) is 7.32. The van der Waals surface area contributed by atoms with Gasteiger partial charge in [0.2, 0.25) is 0 Å². The highest BCUT2D eigenvalue weighted by Crippen LogP contribution is 2.20. The van der Waals surface area contributed by atoms with Crippen molar-refractivity contribution in [2.75, 3.05) is 26.2 Å². The number of rotatable bonds is 5. The number of furan rings is 1. The van der Waals surface area contributed by atoms with Gasteiger partial charge in [-0.2, -0.15) is 0 Å². The molecule has 1 aliphatic rings. The molecule has 3 heteroatoms. The van der Waals surface area contributed by atoms with Crippen molar-refractivity contribution in [2.45, 2.75) is 25.8 Å². The molecule has 0 bridgehead atoms. The van der Waals surface area contributed by atoms with E-state index in [9.17, 15) is 0 Å². The molecule has 2 heterocycles. The minimum atomic E-state index is 0.894. The first-order chi connectivity index (χ1) is 9.43. The maximum absolute atomic E-state index is 5.55. The van der Waals surface area contributed by atoms with Crippen LogP contribution in [0.1, 0.15) is 24.8 Å². The van der Waals surface area contributed by atoms with E-state index in [4.69, 9.17) is 4.42 Å². The largest absolute Gasteiger partial charge is 0.464 e. The maximum atomic E-state index is 5.55. The van der Waals surface area contributed by atoms with Crippen molar-refractivity contribution in [1.29, 1.82) is 0 Å². The lowest BCUT2D eigenvalue weighted by atomic mass is 10.1. The summed E-state index contributed by atoms with van der Waals surface area (Å²) >= 11 is 0. The van der Waals surface area contributed by atoms with Gasteiger partial charge in [0.1, 0.15) is 5.58 Å². The Bertz CT molecular complexity index is 514. The summed E-state index contributed by atoms with van der Waals surface area (Å²) in [7, 11) is 0. The molecular formula is C16H22N2O. The van der Waals surface area contributed by atoms with E-state index < -0.39 is 0 Å². The van der Waals surface area contributed by atoms with Gasteiger partial charge in [-0.05, 0) is 32.0 Å². The molecule has 0 radical (unpaired) electrons. The maximum Gasteiger partial charge on any atom is 0.134 e. The predicted molar refractivity (Wildman–Crippen MR) is 78.2 cm³/mol. The van der Waals surface area contributed by atoms with E-state index >= 15 is 0 Å². The van der Waals surface area contributed by atoms with E-state index in [1.165, 1.54) is 43.3 Å². The number of hydrogen-bond acceptors (Lipinski definition) is 3. The van der Waals surface area contributed by atoms with Crippen LogP contribution >= 0.6 is 0 Å². The number of nitrogens with zero attached hydrogens (tertiary/aromatic N) is 1. The van der Waals surface area contributed by atoms with Crippen LogP contribution in [0.4, 0.5) is 0 Å². The number of nitrogens with one attached hydrogen (secondary N) is 1. The van der Waals surface area contributed by atoms with Gasteiger partial charge < -0.3 is 14.6 Å². The fraction of sp³-hybridized carbons (Fsp3) is 0.500. The molecule has 0 spiro atoms. The molecule has 0 saturated carbocycles. The van der Waals surface area contributed by atoms with Crippen LogP contribution in [-0.4, -0.2) is 31.1 Å². The lowest BCUT2D eigenvalue weighted by Gasteiger charge is -2.26. The third-order valence-corrected chi connectivity index (χ3v) is 3.93. The van der Waals surface area contributed by atoms with Gasteiger partial charge >= 0.3 is 0 Å². The monoisotopic (exact) mass is 258 g/mol. The van der Waals surface area contributed by atoms with Crippen LogP contribution < -0.4 is 5.32 Å². The van der Waals surface area contributed by atoms with Crippen LogP contribution in [0.25, 0.3) is 11.0 Å². The summed E-state index contributed by atoms with van der Waals surface area (Å²) in [5.41, 5.74) is 2.24. The summed E-state index contributed by atoms with van der Waals surface area (Å²) in [6.45, 7) is 5.66. The van der Waals surface area contributed by atoms with Crippen molar-refractivity contribution in [2.24, 2.45) is 0 Å². The van der Waals surface area contributed by atoms with E-state index in [-0.39, 0.29) is 0 Å². The van der Waals surface area contributed by atoms with Gasteiger partial charge in [0.05, 0.1) is 6.26 Å². The molecule has 3 rings (SSSR count). The van der Waals surface area contributed by atoms with Crippen LogP contribution in [0.5, 0.6) is 0 Å². The third kappa shape index (κ3) is 3.17. The molecule has 19 heavy (non-hydrogen) atoms. The Labute approximate surface area is 114 Å². The zero-order chi connectivity index (χ0) is 12.9. The molecule has 3 nitrogen and oxygen atoms in total. The normalized spacial score (nSPS) is 17.1. The summed E-state index contributed by atoms with van der Waals surface area (Å²) in [5.74, 6) is 0. The van der Waals surface area contributed by atoms with Crippen molar-refractivity contribution < 1.29 is 4.42 Å². The van der Waals surface area contributed by atoms with Crippen LogP contribution in [-0.2, 0) is 6.54 Å². The Kier molecular flexibility index (Phi) is 4.16. The number of fused-ring (bicyclic) bond motifs is 1. The first-order valence-corrected chi connectivity index (χ1v) is 7.32. The zero-order valence-corrected chi connectivity index (χ0v) is 11.4. The molecule has 1 aliphatic heterocycles. The highest BCUT2D eigenvalue weighted by molar-refractivity contribution is 5.80. The van der Waals surface area contributed by atoms with E-state index in [0.29, 0.717) is 0 Å². The molecule has 1 N–H and O–H groups in total. The van der Waals surface area contributed by atoms with Crippen LogP contribution in [0.3, 0.4) is 0 Å². The second-order valence-electron chi connectivity index (χ2n) is 5.34. The Morgan fingerprint density at radius 3 is 2.84 bits per heavy atom. The molecule has 0 aliphatic carbocycles. The molecule has 1 aromatic heterocycles. The fourth-order valence-corrected chi connectivity index (χ4v) is 2.81. The second kappa shape index (κ2) is 6.22. The number of hydrogen-bond donors (Lipinski definition) is 1. The molecule has 0 amide bonds. The van der Waals surface area contributed by atoms with E-state index in [0.717, 1.165) is 25.2 Å². The molecule has 0 unspecified atom stereocenters. The zero-order valence-electron chi connectivity index (χ0n) is 11.4. The molecule has 1 fully saturated rings. The van der Waals surface area contributed by atoms with Crippen molar-refractivity contribution in [3.8, 4) is 0 Å². The van der Waals surface area contributed by atoms with E-state index in [2.05, 4.69) is 22.3 Å². The highest BCUT2D eigenvalue weighted by Gasteiger charge is 2.09. The van der Waals surface area contributed by atoms with E-state index in [1.54, 1.807) is 0 Å². The number of piperidine rings is 1. The average Bonchev–Trinajstić information content (AvgIpc) is 2.88. The van der Waals surface area contributed by atoms with Gasteiger partial charge in [-0.3, -0.25) is 0 Å². The number of benzene rings is 1. The topological polar surface area (TPSA) is 28.4 Å². The Hall–Kier alpha value is -1.32. The van der Waals surface area contributed by atoms with Crippen molar-refractivity contribution >= 4 is 11.0 Å². The average molecular weight is 258 g/mol. The van der Waals surface area contributed by atoms with Crippen molar-refractivity contribution in [3.05, 3.63) is 36.1 Å². The Morgan fingerprint density at radius 2 is 1.95 bits per heavy atom. The minimum absolute atomic E-state index is 0.894. The van der Waals surface area contributed by atoms with Crippen LogP contribution in [0, 0.1) is 0 Å². The highest BCUT2D eigenvalue weighted by atomic mass is 16.3. The molecule has 2 aromatic rings. The van der Waals surface area contributed by atoms with Crippen molar-refractivity contribution in [3.63, 3.8) is 0 Å². The minimum Gasteiger partial charge on any atom is -0.464 e. The lowest BCUT2D eigenvalue weighted by Crippen LogP contribution is -2.35. The van der Waals surface area contributed by atoms with Gasteiger partial charge in [0, 0.05) is 30.6 Å². The van der Waals surface area contributed by atoms with Gasteiger partial charge in [0.15, 0.2) is 0 Å². The van der Waals surface area contributed by atoms with Crippen LogP contribution in [0.15, 0.2) is 34.9 Å². The summed E-state index contributed by atoms with van der Waals surface area (Å²) < 4.78 is 5.55. The predicted octanol–water partition coefficient (Wildman–Crippen LogP) is 3.01. The van der Waals surface area contributed by atoms with Gasteiger partial charge in [0.25, 0.3) is 0 Å². The summed E-state index contributed by atoms with van der Waals surface area (Å²) in [6.07, 6.45) is 6.02. The SMILES string of the molecule is c1ccc2c(CNCCN3CCCCC3)coc2c1. The molecular weight excluding hydrogens is 236 g/mol. The Morgan fingerprint density at radius 1 is 1.11 bits per heavy atom.